The maximum Gasteiger partial charge on any atom is 0.233 e. The predicted octanol–water partition coefficient (Wildman–Crippen LogP) is 3.17. The molecule has 3 nitrogen and oxygen atoms in total. The molecule has 4 heteroatoms. The van der Waals surface area contributed by atoms with Gasteiger partial charge >= 0.3 is 0 Å². The van der Waals surface area contributed by atoms with E-state index < -0.39 is 5.41 Å². The van der Waals surface area contributed by atoms with Gasteiger partial charge in [0.1, 0.15) is 0 Å². The van der Waals surface area contributed by atoms with E-state index in [-0.39, 0.29) is 5.91 Å². The summed E-state index contributed by atoms with van der Waals surface area (Å²) < 4.78 is 0. The molecule has 0 aromatic heterocycles. The summed E-state index contributed by atoms with van der Waals surface area (Å²) in [6, 6.07) is 0. The summed E-state index contributed by atoms with van der Waals surface area (Å²) >= 11 is 5.10. The number of nitrogens with two attached hydrogens (primary N) is 1. The van der Waals surface area contributed by atoms with Crippen LogP contribution < -0.4 is 11.1 Å². The minimum Gasteiger partial charge on any atom is -0.392 e. The number of hydrogen-bond donors (Lipinski definition) is 2. The van der Waals surface area contributed by atoms with Gasteiger partial charge in [-0.1, -0.05) is 58.2 Å². The topological polar surface area (TPSA) is 55.1 Å². The first-order chi connectivity index (χ1) is 9.06. The van der Waals surface area contributed by atoms with Crippen LogP contribution in [0.2, 0.25) is 0 Å². The highest BCUT2D eigenvalue weighted by molar-refractivity contribution is 7.80. The van der Waals surface area contributed by atoms with E-state index in [1.807, 2.05) is 13.8 Å². The van der Waals surface area contributed by atoms with E-state index in [1.165, 1.54) is 32.1 Å². The summed E-state index contributed by atoms with van der Waals surface area (Å²) in [6.45, 7) is 4.71. The minimum absolute atomic E-state index is 0.0146. The number of hydrogen-bond acceptors (Lipinski definition) is 2. The van der Waals surface area contributed by atoms with E-state index >= 15 is 0 Å². The Kier molecular flexibility index (Phi) is 6.76. The van der Waals surface area contributed by atoms with Crippen LogP contribution >= 0.6 is 12.2 Å². The van der Waals surface area contributed by atoms with Crippen LogP contribution in [0.15, 0.2) is 0 Å². The second kappa shape index (κ2) is 7.83. The van der Waals surface area contributed by atoms with Crippen LogP contribution in [-0.4, -0.2) is 17.4 Å². The highest BCUT2D eigenvalue weighted by Gasteiger charge is 2.37. The molecule has 1 rings (SSSR count). The first-order valence-corrected chi connectivity index (χ1v) is 8.05. The normalized spacial score (nSPS) is 17.2. The van der Waals surface area contributed by atoms with Gasteiger partial charge in [-0.05, 0) is 25.2 Å². The lowest BCUT2D eigenvalue weighted by Crippen LogP contribution is -2.48. The molecule has 19 heavy (non-hydrogen) atoms. The molecule has 0 aromatic carbocycles. The maximum absolute atomic E-state index is 12.3. The Balaban J connectivity index is 2.42. The Morgan fingerprint density at radius 2 is 1.84 bits per heavy atom. The summed E-state index contributed by atoms with van der Waals surface area (Å²) in [5.74, 6) is 0.803. The molecule has 1 saturated carbocycles. The summed E-state index contributed by atoms with van der Waals surface area (Å²) in [7, 11) is 0. The molecule has 1 amide bonds. The molecule has 1 aliphatic rings. The fraction of sp³-hybridized carbons (Fsp3) is 0.867. The van der Waals surface area contributed by atoms with Crippen LogP contribution in [0.3, 0.4) is 0 Å². The third-order valence-electron chi connectivity index (χ3n) is 4.68. The molecule has 0 spiro atoms. The molecule has 0 atom stereocenters. The van der Waals surface area contributed by atoms with Crippen molar-refractivity contribution >= 4 is 23.1 Å². The van der Waals surface area contributed by atoms with E-state index in [4.69, 9.17) is 18.0 Å². The molecule has 110 valence electrons. The monoisotopic (exact) mass is 284 g/mol. The molecule has 1 fully saturated rings. The lowest BCUT2D eigenvalue weighted by Gasteiger charge is -2.29. The number of rotatable bonds is 7. The Hall–Kier alpha value is -0.640. The van der Waals surface area contributed by atoms with Crippen LogP contribution in [-0.2, 0) is 4.79 Å². The van der Waals surface area contributed by atoms with E-state index in [0.29, 0.717) is 17.8 Å². The highest BCUT2D eigenvalue weighted by atomic mass is 32.1. The molecule has 0 bridgehead atoms. The second-order valence-electron chi connectivity index (χ2n) is 5.70. The zero-order valence-corrected chi connectivity index (χ0v) is 13.2. The van der Waals surface area contributed by atoms with Crippen molar-refractivity contribution in [2.75, 3.05) is 6.54 Å². The quantitative estimate of drug-likeness (QED) is 0.706. The van der Waals surface area contributed by atoms with Crippen molar-refractivity contribution in [1.29, 1.82) is 0 Å². The van der Waals surface area contributed by atoms with Gasteiger partial charge in [0.15, 0.2) is 0 Å². The maximum atomic E-state index is 12.3. The van der Waals surface area contributed by atoms with Gasteiger partial charge in [0.2, 0.25) is 5.91 Å². The molecule has 0 aromatic rings. The van der Waals surface area contributed by atoms with Gasteiger partial charge in [0, 0.05) is 6.54 Å². The van der Waals surface area contributed by atoms with E-state index in [0.717, 1.165) is 18.9 Å². The van der Waals surface area contributed by atoms with Crippen LogP contribution in [0.25, 0.3) is 0 Å². The van der Waals surface area contributed by atoms with Gasteiger partial charge in [0.25, 0.3) is 0 Å². The first kappa shape index (κ1) is 16.4. The largest absolute Gasteiger partial charge is 0.392 e. The van der Waals surface area contributed by atoms with Gasteiger partial charge in [-0.3, -0.25) is 4.79 Å². The average Bonchev–Trinajstić information content (AvgIpc) is 2.41. The number of carbonyl (C=O) groups excluding carboxylic acids is 1. The van der Waals surface area contributed by atoms with Gasteiger partial charge in [-0.15, -0.1) is 0 Å². The molecule has 3 N–H and O–H groups in total. The third kappa shape index (κ3) is 4.16. The molecule has 0 radical (unpaired) electrons. The van der Waals surface area contributed by atoms with Crippen LogP contribution in [0.5, 0.6) is 0 Å². The van der Waals surface area contributed by atoms with Crippen LogP contribution in [0.1, 0.15) is 65.2 Å². The first-order valence-electron chi connectivity index (χ1n) is 7.65. The van der Waals surface area contributed by atoms with Crippen molar-refractivity contribution in [3.05, 3.63) is 0 Å². The van der Waals surface area contributed by atoms with Crippen molar-refractivity contribution in [3.8, 4) is 0 Å². The standard InChI is InChI=1S/C15H28N2OS/c1-3-15(4-2,13(16)19)14(18)17-11-10-12-8-6-5-7-9-12/h12H,3-11H2,1-2H3,(H2,16,19)(H,17,18). The number of thiocarbonyl (C=S) groups is 1. The average molecular weight is 284 g/mol. The van der Waals surface area contributed by atoms with Crippen molar-refractivity contribution in [1.82, 2.24) is 5.32 Å². The van der Waals surface area contributed by atoms with Crippen LogP contribution in [0, 0.1) is 11.3 Å². The van der Waals surface area contributed by atoms with Gasteiger partial charge in [-0.2, -0.15) is 0 Å². The summed E-state index contributed by atoms with van der Waals surface area (Å²) in [5.41, 5.74) is 5.13. The Labute approximate surface area is 122 Å². The highest BCUT2D eigenvalue weighted by Crippen LogP contribution is 2.28. The Morgan fingerprint density at radius 3 is 2.32 bits per heavy atom. The van der Waals surface area contributed by atoms with Crippen LogP contribution in [0.4, 0.5) is 0 Å². The fourth-order valence-electron chi connectivity index (χ4n) is 3.07. The smallest absolute Gasteiger partial charge is 0.233 e. The van der Waals surface area contributed by atoms with E-state index in [2.05, 4.69) is 5.32 Å². The SMILES string of the molecule is CCC(CC)(C(=O)NCCC1CCCCC1)C(N)=S. The molecular weight excluding hydrogens is 256 g/mol. The van der Waals surface area contributed by atoms with Gasteiger partial charge < -0.3 is 11.1 Å². The molecule has 0 heterocycles. The summed E-state index contributed by atoms with van der Waals surface area (Å²) in [5, 5.41) is 3.05. The molecule has 0 unspecified atom stereocenters. The van der Waals surface area contributed by atoms with Crippen molar-refractivity contribution < 1.29 is 4.79 Å². The van der Waals surface area contributed by atoms with Gasteiger partial charge in [-0.25, -0.2) is 0 Å². The Bertz CT molecular complexity index is 307. The van der Waals surface area contributed by atoms with Crippen molar-refractivity contribution in [2.45, 2.75) is 65.2 Å². The Morgan fingerprint density at radius 1 is 1.26 bits per heavy atom. The number of amides is 1. The fourth-order valence-corrected chi connectivity index (χ4v) is 3.45. The lowest BCUT2D eigenvalue weighted by atomic mass is 9.81. The number of nitrogens with one attached hydrogen (secondary N) is 1. The number of carbonyl (C=O) groups is 1. The molecular formula is C15H28N2OS. The minimum atomic E-state index is -0.651. The molecule has 0 saturated heterocycles. The molecule has 1 aliphatic carbocycles. The van der Waals surface area contributed by atoms with E-state index in [9.17, 15) is 4.79 Å². The third-order valence-corrected chi connectivity index (χ3v) is 5.07. The van der Waals surface area contributed by atoms with Gasteiger partial charge in [0.05, 0.1) is 10.4 Å². The summed E-state index contributed by atoms with van der Waals surface area (Å²) in [4.78, 5) is 12.7. The van der Waals surface area contributed by atoms with E-state index in [1.54, 1.807) is 0 Å². The second-order valence-corrected chi connectivity index (χ2v) is 6.14. The lowest BCUT2D eigenvalue weighted by molar-refractivity contribution is -0.127. The molecule has 0 aliphatic heterocycles. The zero-order chi connectivity index (χ0) is 14.3. The summed E-state index contributed by atoms with van der Waals surface area (Å²) in [6.07, 6.45) is 9.14. The zero-order valence-electron chi connectivity index (χ0n) is 12.3. The van der Waals surface area contributed by atoms with Crippen molar-refractivity contribution in [3.63, 3.8) is 0 Å². The van der Waals surface area contributed by atoms with Crippen molar-refractivity contribution in [2.24, 2.45) is 17.1 Å². The predicted molar refractivity (Wildman–Crippen MR) is 84.0 cm³/mol.